The van der Waals surface area contributed by atoms with Crippen LogP contribution in [-0.4, -0.2) is 22.1 Å². The highest BCUT2D eigenvalue weighted by Crippen LogP contribution is 2.08. The summed E-state index contributed by atoms with van der Waals surface area (Å²) < 4.78 is 5.41. The van der Waals surface area contributed by atoms with Crippen LogP contribution >= 0.6 is 0 Å². The minimum atomic E-state index is 0.100. The summed E-state index contributed by atoms with van der Waals surface area (Å²) in [4.78, 5) is 4.24. The van der Waals surface area contributed by atoms with Gasteiger partial charge in [0.05, 0.1) is 12.2 Å². The normalized spacial score (nSPS) is 14.1. The van der Waals surface area contributed by atoms with E-state index in [2.05, 4.69) is 15.5 Å². The lowest BCUT2D eigenvalue weighted by Gasteiger charge is -2.10. The van der Waals surface area contributed by atoms with Crippen molar-refractivity contribution in [3.8, 4) is 0 Å². The lowest BCUT2D eigenvalue weighted by atomic mass is 10.2. The van der Waals surface area contributed by atoms with E-state index in [1.54, 1.807) is 0 Å². The highest BCUT2D eigenvalue weighted by Gasteiger charge is 2.08. The van der Waals surface area contributed by atoms with Crippen molar-refractivity contribution in [2.24, 2.45) is 10.9 Å². The van der Waals surface area contributed by atoms with Crippen molar-refractivity contribution < 1.29 is 9.62 Å². The number of hydrogen-bond acceptors (Lipinski definition) is 5. The standard InChI is InChI=1S/C10H18N4O2/c1-6(4-9(11)14-15)12-5-10-13-7(2)8(3)16-10/h6,12,15H,4-5H2,1-3H3,(H2,11,14). The molecular formula is C10H18N4O2. The third-order valence-electron chi connectivity index (χ3n) is 2.32. The first-order valence-electron chi connectivity index (χ1n) is 5.15. The van der Waals surface area contributed by atoms with E-state index < -0.39 is 0 Å². The zero-order valence-electron chi connectivity index (χ0n) is 9.82. The quantitative estimate of drug-likeness (QED) is 0.300. The maximum atomic E-state index is 8.41. The number of oxime groups is 1. The van der Waals surface area contributed by atoms with Crippen LogP contribution in [0.1, 0.15) is 30.7 Å². The summed E-state index contributed by atoms with van der Waals surface area (Å²) in [6.45, 7) is 6.27. The van der Waals surface area contributed by atoms with Crippen LogP contribution in [0, 0.1) is 13.8 Å². The third-order valence-corrected chi connectivity index (χ3v) is 2.32. The van der Waals surface area contributed by atoms with Crippen LogP contribution in [0.5, 0.6) is 0 Å². The first-order chi connectivity index (χ1) is 7.52. The predicted octanol–water partition coefficient (Wildman–Crippen LogP) is 0.906. The molecule has 0 aliphatic carbocycles. The Labute approximate surface area is 94.5 Å². The van der Waals surface area contributed by atoms with E-state index in [1.807, 2.05) is 20.8 Å². The van der Waals surface area contributed by atoms with Crippen molar-refractivity contribution in [1.29, 1.82) is 0 Å². The molecule has 0 aliphatic rings. The second-order valence-corrected chi connectivity index (χ2v) is 3.83. The summed E-state index contributed by atoms with van der Waals surface area (Å²) in [5.74, 6) is 1.70. The molecule has 1 unspecified atom stereocenters. The van der Waals surface area contributed by atoms with E-state index >= 15 is 0 Å². The van der Waals surface area contributed by atoms with Crippen molar-refractivity contribution in [2.75, 3.05) is 0 Å². The van der Waals surface area contributed by atoms with Crippen LogP contribution in [0.15, 0.2) is 9.57 Å². The second kappa shape index (κ2) is 5.50. The van der Waals surface area contributed by atoms with E-state index in [0.717, 1.165) is 11.5 Å². The minimum Gasteiger partial charge on any atom is -0.444 e. The molecule has 0 aromatic carbocycles. The highest BCUT2D eigenvalue weighted by molar-refractivity contribution is 5.80. The van der Waals surface area contributed by atoms with Gasteiger partial charge in [0.2, 0.25) is 5.89 Å². The van der Waals surface area contributed by atoms with Crippen molar-refractivity contribution in [3.05, 3.63) is 17.3 Å². The van der Waals surface area contributed by atoms with E-state index in [1.165, 1.54) is 0 Å². The topological polar surface area (TPSA) is 96.7 Å². The smallest absolute Gasteiger partial charge is 0.208 e. The molecule has 0 bridgehead atoms. The van der Waals surface area contributed by atoms with Crippen molar-refractivity contribution in [3.63, 3.8) is 0 Å². The van der Waals surface area contributed by atoms with Crippen molar-refractivity contribution in [1.82, 2.24) is 10.3 Å². The first-order valence-corrected chi connectivity index (χ1v) is 5.15. The van der Waals surface area contributed by atoms with Gasteiger partial charge in [-0.2, -0.15) is 0 Å². The summed E-state index contributed by atoms with van der Waals surface area (Å²) in [5.41, 5.74) is 6.30. The number of nitrogens with one attached hydrogen (secondary N) is 1. The van der Waals surface area contributed by atoms with Gasteiger partial charge in [-0.1, -0.05) is 5.16 Å². The summed E-state index contributed by atoms with van der Waals surface area (Å²) >= 11 is 0. The number of aryl methyl sites for hydroxylation is 2. The van der Waals surface area contributed by atoms with Crippen LogP contribution in [0.4, 0.5) is 0 Å². The SMILES string of the molecule is Cc1nc(CNC(C)CC(N)=NO)oc1C. The average molecular weight is 226 g/mol. The lowest BCUT2D eigenvalue weighted by Crippen LogP contribution is -2.30. The molecule has 0 saturated heterocycles. The van der Waals surface area contributed by atoms with Crippen LogP contribution < -0.4 is 11.1 Å². The molecule has 1 aromatic heterocycles. The molecule has 1 aromatic rings. The second-order valence-electron chi connectivity index (χ2n) is 3.83. The molecule has 6 heteroatoms. The van der Waals surface area contributed by atoms with Gasteiger partial charge in [0.15, 0.2) is 0 Å². The summed E-state index contributed by atoms with van der Waals surface area (Å²) in [5, 5.41) is 14.5. The predicted molar refractivity (Wildman–Crippen MR) is 60.3 cm³/mol. The fourth-order valence-electron chi connectivity index (χ4n) is 1.30. The molecular weight excluding hydrogens is 208 g/mol. The molecule has 1 atom stereocenters. The summed E-state index contributed by atoms with van der Waals surface area (Å²) in [6.07, 6.45) is 0.481. The Bertz CT molecular complexity index is 353. The Balaban J connectivity index is 2.40. The molecule has 0 aliphatic heterocycles. The first kappa shape index (κ1) is 12.5. The molecule has 0 radical (unpaired) electrons. The number of rotatable bonds is 5. The fourth-order valence-corrected chi connectivity index (χ4v) is 1.30. The van der Waals surface area contributed by atoms with Gasteiger partial charge in [-0.15, -0.1) is 0 Å². The highest BCUT2D eigenvalue weighted by atomic mass is 16.4. The van der Waals surface area contributed by atoms with E-state index in [9.17, 15) is 0 Å². The lowest BCUT2D eigenvalue weighted by molar-refractivity contribution is 0.315. The van der Waals surface area contributed by atoms with Crippen LogP contribution in [-0.2, 0) is 6.54 Å². The van der Waals surface area contributed by atoms with Crippen molar-refractivity contribution >= 4 is 5.84 Å². The molecule has 16 heavy (non-hydrogen) atoms. The molecule has 0 amide bonds. The number of aromatic nitrogens is 1. The Hall–Kier alpha value is -1.56. The molecule has 0 saturated carbocycles. The molecule has 90 valence electrons. The molecule has 4 N–H and O–H groups in total. The number of nitrogens with zero attached hydrogens (tertiary/aromatic N) is 2. The molecule has 0 fully saturated rings. The van der Waals surface area contributed by atoms with Gasteiger partial charge in [0.1, 0.15) is 11.6 Å². The summed E-state index contributed by atoms with van der Waals surface area (Å²) in [6, 6.07) is 0.100. The Morgan fingerprint density at radius 2 is 2.31 bits per heavy atom. The van der Waals surface area contributed by atoms with Gasteiger partial charge in [0, 0.05) is 12.5 Å². The number of amidine groups is 1. The van der Waals surface area contributed by atoms with Crippen LogP contribution in [0.2, 0.25) is 0 Å². The largest absolute Gasteiger partial charge is 0.444 e. The van der Waals surface area contributed by atoms with E-state index in [0.29, 0.717) is 18.9 Å². The monoisotopic (exact) mass is 226 g/mol. The third kappa shape index (κ3) is 3.54. The van der Waals surface area contributed by atoms with Gasteiger partial charge < -0.3 is 20.7 Å². The zero-order valence-corrected chi connectivity index (χ0v) is 9.82. The fraction of sp³-hybridized carbons (Fsp3) is 0.600. The number of oxazole rings is 1. The zero-order chi connectivity index (χ0) is 12.1. The number of hydrogen-bond donors (Lipinski definition) is 3. The maximum Gasteiger partial charge on any atom is 0.208 e. The van der Waals surface area contributed by atoms with Gasteiger partial charge >= 0.3 is 0 Å². The Morgan fingerprint density at radius 1 is 1.62 bits per heavy atom. The minimum absolute atomic E-state index is 0.100. The van der Waals surface area contributed by atoms with Gasteiger partial charge in [-0.05, 0) is 20.8 Å². The van der Waals surface area contributed by atoms with Crippen LogP contribution in [0.25, 0.3) is 0 Å². The van der Waals surface area contributed by atoms with Gasteiger partial charge in [-0.25, -0.2) is 4.98 Å². The number of nitrogens with two attached hydrogens (primary N) is 1. The van der Waals surface area contributed by atoms with Gasteiger partial charge in [0.25, 0.3) is 0 Å². The van der Waals surface area contributed by atoms with Crippen molar-refractivity contribution in [2.45, 2.75) is 39.8 Å². The Morgan fingerprint density at radius 3 is 2.81 bits per heavy atom. The van der Waals surface area contributed by atoms with E-state index in [4.69, 9.17) is 15.4 Å². The maximum absolute atomic E-state index is 8.41. The van der Waals surface area contributed by atoms with Gasteiger partial charge in [-0.3, -0.25) is 0 Å². The molecule has 1 heterocycles. The average Bonchev–Trinajstić information content (AvgIpc) is 2.55. The molecule has 6 nitrogen and oxygen atoms in total. The molecule has 0 spiro atoms. The Kier molecular flexibility index (Phi) is 4.30. The summed E-state index contributed by atoms with van der Waals surface area (Å²) in [7, 11) is 0. The molecule has 1 rings (SSSR count). The van der Waals surface area contributed by atoms with E-state index in [-0.39, 0.29) is 11.9 Å². The van der Waals surface area contributed by atoms with Crippen LogP contribution in [0.3, 0.4) is 0 Å².